The van der Waals surface area contributed by atoms with Crippen molar-refractivity contribution in [3.05, 3.63) is 0 Å². The van der Waals surface area contributed by atoms with Gasteiger partial charge < -0.3 is 4.90 Å². The summed E-state index contributed by atoms with van der Waals surface area (Å²) in [6, 6.07) is 0.754. The largest absolute Gasteiger partial charge is 0.301 e. The van der Waals surface area contributed by atoms with Gasteiger partial charge in [-0.1, -0.05) is 20.8 Å². The third-order valence-electron chi connectivity index (χ3n) is 2.86. The molecule has 0 aromatic rings. The van der Waals surface area contributed by atoms with Crippen molar-refractivity contribution in [1.82, 2.24) is 4.90 Å². The van der Waals surface area contributed by atoms with Crippen LogP contribution in [0.5, 0.6) is 0 Å². The Labute approximate surface area is 78.1 Å². The summed E-state index contributed by atoms with van der Waals surface area (Å²) in [6.45, 7) is 9.59. The molecule has 1 heterocycles. The van der Waals surface area contributed by atoms with E-state index in [9.17, 15) is 0 Å². The van der Waals surface area contributed by atoms with Gasteiger partial charge in [0.2, 0.25) is 0 Å². The summed E-state index contributed by atoms with van der Waals surface area (Å²) in [5, 5.41) is 0. The molecule has 0 saturated carbocycles. The van der Waals surface area contributed by atoms with Gasteiger partial charge in [0, 0.05) is 12.6 Å². The monoisotopic (exact) mass is 171 g/mol. The Morgan fingerprint density at radius 3 is 2.58 bits per heavy atom. The fraction of sp³-hybridized carbons (Fsp3) is 1.00. The fourth-order valence-electron chi connectivity index (χ4n) is 1.90. The normalized spacial score (nSPS) is 25.5. The molecular weight excluding hydrogens is 146 g/mol. The van der Waals surface area contributed by atoms with Gasteiger partial charge in [0.25, 0.3) is 0 Å². The molecule has 0 radical (unpaired) electrons. The molecule has 1 fully saturated rings. The number of likely N-dealkylation sites (tertiary alicyclic amines) is 1. The van der Waals surface area contributed by atoms with Crippen LogP contribution in [0.1, 0.15) is 47.5 Å². The van der Waals surface area contributed by atoms with Gasteiger partial charge in [-0.15, -0.1) is 0 Å². The van der Waals surface area contributed by atoms with E-state index in [2.05, 4.69) is 25.7 Å². The lowest BCUT2D eigenvalue weighted by Crippen LogP contribution is -2.39. The maximum Gasteiger partial charge on any atom is 0.00387 e. The van der Waals surface area contributed by atoms with Gasteiger partial charge in [-0.05, 0) is 39.2 Å². The molecule has 0 bridgehead atoms. The van der Waals surface area contributed by atoms with Crippen molar-refractivity contribution in [2.24, 2.45) is 5.92 Å². The fourth-order valence-corrected chi connectivity index (χ4v) is 1.90. The third kappa shape index (κ3) is 3.14. The zero-order chi connectivity index (χ0) is 8.27. The lowest BCUT2D eigenvalue weighted by molar-refractivity contribution is 0.138. The van der Waals surface area contributed by atoms with Crippen LogP contribution in [0, 0.1) is 5.92 Å². The Morgan fingerprint density at radius 1 is 1.42 bits per heavy atom. The van der Waals surface area contributed by atoms with Gasteiger partial charge >= 0.3 is 0 Å². The first-order chi connectivity index (χ1) is 5.24. The molecule has 1 heteroatoms. The quantitative estimate of drug-likeness (QED) is 0.617. The maximum absolute atomic E-state index is 2.61. The number of rotatable bonds is 2. The van der Waals surface area contributed by atoms with Crippen molar-refractivity contribution in [2.75, 3.05) is 13.1 Å². The zero-order valence-corrected chi connectivity index (χ0v) is 8.14. The zero-order valence-electron chi connectivity index (χ0n) is 8.14. The van der Waals surface area contributed by atoms with Crippen LogP contribution in [0.4, 0.5) is 0 Å². The molecule has 1 atom stereocenters. The highest BCUT2D eigenvalue weighted by Gasteiger charge is 2.19. The van der Waals surface area contributed by atoms with E-state index in [1.807, 2.05) is 0 Å². The topological polar surface area (TPSA) is 3.24 Å². The van der Waals surface area contributed by atoms with Crippen LogP contribution in [0.15, 0.2) is 0 Å². The molecule has 1 saturated heterocycles. The second kappa shape index (κ2) is 5.58. The lowest BCUT2D eigenvalue weighted by atomic mass is 9.95. The number of hydrogen-bond acceptors (Lipinski definition) is 1. The summed E-state index contributed by atoms with van der Waals surface area (Å²) in [4.78, 5) is 2.61. The van der Waals surface area contributed by atoms with E-state index in [4.69, 9.17) is 0 Å². The molecule has 1 aliphatic rings. The van der Waals surface area contributed by atoms with Crippen LogP contribution in [-0.4, -0.2) is 24.0 Å². The summed E-state index contributed by atoms with van der Waals surface area (Å²) in [6.07, 6.45) is 4.24. The van der Waals surface area contributed by atoms with Crippen molar-refractivity contribution in [3.63, 3.8) is 0 Å². The van der Waals surface area contributed by atoms with Crippen LogP contribution >= 0.6 is 0 Å². The highest BCUT2D eigenvalue weighted by molar-refractivity contribution is 4.73. The predicted molar refractivity (Wildman–Crippen MR) is 56.5 cm³/mol. The second-order valence-electron chi connectivity index (χ2n) is 4.01. The van der Waals surface area contributed by atoms with Crippen molar-refractivity contribution in [3.8, 4) is 0 Å². The summed E-state index contributed by atoms with van der Waals surface area (Å²) in [5.74, 6) is 0.978. The molecule has 0 N–H and O–H groups in total. The average molecular weight is 171 g/mol. The van der Waals surface area contributed by atoms with E-state index in [1.165, 1.54) is 32.4 Å². The molecule has 0 spiro atoms. The number of piperidine rings is 1. The lowest BCUT2D eigenvalue weighted by Gasteiger charge is -2.34. The van der Waals surface area contributed by atoms with Gasteiger partial charge in [-0.25, -0.2) is 0 Å². The van der Waals surface area contributed by atoms with Crippen LogP contribution in [0.25, 0.3) is 0 Å². The number of hydrogen-bond donors (Lipinski definition) is 0. The molecule has 0 aromatic heterocycles. The highest BCUT2D eigenvalue weighted by atomic mass is 15.1. The molecule has 0 aliphatic carbocycles. The van der Waals surface area contributed by atoms with E-state index >= 15 is 0 Å². The first-order valence-electron chi connectivity index (χ1n) is 4.98. The van der Waals surface area contributed by atoms with Crippen LogP contribution in [0.3, 0.4) is 0 Å². The van der Waals surface area contributed by atoms with Crippen molar-refractivity contribution in [2.45, 2.75) is 53.5 Å². The second-order valence-corrected chi connectivity index (χ2v) is 4.01. The van der Waals surface area contributed by atoms with Gasteiger partial charge in [-0.2, -0.15) is 0 Å². The van der Waals surface area contributed by atoms with Gasteiger partial charge in [-0.3, -0.25) is 0 Å². The SMILES string of the molecule is C.CCC1CCCN(C(C)C)C1. The van der Waals surface area contributed by atoms with E-state index in [0.717, 1.165) is 12.0 Å². The Bertz CT molecular complexity index is 110. The van der Waals surface area contributed by atoms with Crippen LogP contribution in [-0.2, 0) is 0 Å². The predicted octanol–water partition coefficient (Wildman–Crippen LogP) is 3.15. The molecule has 1 aliphatic heterocycles. The molecule has 1 unspecified atom stereocenters. The summed E-state index contributed by atoms with van der Waals surface area (Å²) in [5.41, 5.74) is 0. The minimum atomic E-state index is 0. The molecule has 1 nitrogen and oxygen atoms in total. The maximum atomic E-state index is 2.61. The van der Waals surface area contributed by atoms with E-state index < -0.39 is 0 Å². The average Bonchev–Trinajstić information content (AvgIpc) is 2.05. The summed E-state index contributed by atoms with van der Waals surface area (Å²) < 4.78 is 0. The molecule has 0 amide bonds. The Morgan fingerprint density at radius 2 is 2.08 bits per heavy atom. The van der Waals surface area contributed by atoms with Crippen LogP contribution < -0.4 is 0 Å². The summed E-state index contributed by atoms with van der Waals surface area (Å²) >= 11 is 0. The van der Waals surface area contributed by atoms with Crippen LogP contribution in [0.2, 0.25) is 0 Å². The van der Waals surface area contributed by atoms with E-state index in [0.29, 0.717) is 0 Å². The minimum Gasteiger partial charge on any atom is -0.301 e. The molecule has 74 valence electrons. The first kappa shape index (κ1) is 12.0. The van der Waals surface area contributed by atoms with Gasteiger partial charge in [0.1, 0.15) is 0 Å². The van der Waals surface area contributed by atoms with E-state index in [1.54, 1.807) is 0 Å². The van der Waals surface area contributed by atoms with Gasteiger partial charge in [0.05, 0.1) is 0 Å². The van der Waals surface area contributed by atoms with E-state index in [-0.39, 0.29) is 7.43 Å². The Kier molecular flexibility index (Phi) is 5.56. The Hall–Kier alpha value is -0.0400. The summed E-state index contributed by atoms with van der Waals surface area (Å²) in [7, 11) is 0. The standard InChI is InChI=1S/C10H21N.CH4/c1-4-10-6-5-7-11(8-10)9(2)3;/h9-10H,4-8H2,1-3H3;1H4. The highest BCUT2D eigenvalue weighted by Crippen LogP contribution is 2.20. The number of nitrogens with zero attached hydrogens (tertiary/aromatic N) is 1. The van der Waals surface area contributed by atoms with Crippen molar-refractivity contribution >= 4 is 0 Å². The van der Waals surface area contributed by atoms with Crippen molar-refractivity contribution < 1.29 is 0 Å². The molecule has 12 heavy (non-hydrogen) atoms. The van der Waals surface area contributed by atoms with Gasteiger partial charge in [0.15, 0.2) is 0 Å². The smallest absolute Gasteiger partial charge is 0.00387 e. The molecule has 0 aromatic carbocycles. The Balaban J connectivity index is 0.00000121. The first-order valence-corrected chi connectivity index (χ1v) is 4.98. The molecular formula is C11H25N. The minimum absolute atomic E-state index is 0. The third-order valence-corrected chi connectivity index (χ3v) is 2.86. The molecule has 1 rings (SSSR count). The van der Waals surface area contributed by atoms with Crippen molar-refractivity contribution in [1.29, 1.82) is 0 Å².